The Morgan fingerprint density at radius 2 is 1.78 bits per heavy atom. The van der Waals surface area contributed by atoms with Crippen molar-refractivity contribution in [2.24, 2.45) is 0 Å². The van der Waals surface area contributed by atoms with Crippen molar-refractivity contribution >= 4 is 44.4 Å². The topological polar surface area (TPSA) is 89.3 Å². The number of carbonyl (C=O) groups is 2. The van der Waals surface area contributed by atoms with Crippen LogP contribution >= 0.6 is 15.9 Å². The highest BCUT2D eigenvalue weighted by molar-refractivity contribution is 9.10. The molecule has 0 aliphatic carbocycles. The van der Waals surface area contributed by atoms with Crippen LogP contribution in [0.15, 0.2) is 74.3 Å². The maximum atomic E-state index is 14.1. The fraction of sp³-hybridized carbons (Fsp3) is 0.148. The lowest BCUT2D eigenvalue weighted by atomic mass is 9.83. The number of para-hydroxylation sites is 1. The van der Waals surface area contributed by atoms with Crippen molar-refractivity contribution < 1.29 is 23.5 Å². The summed E-state index contributed by atoms with van der Waals surface area (Å²) in [4.78, 5) is 45.1. The van der Waals surface area contributed by atoms with Gasteiger partial charge in [0.2, 0.25) is 12.6 Å². The van der Waals surface area contributed by atoms with Gasteiger partial charge in [0.25, 0.3) is 11.8 Å². The smallest absolute Gasteiger partial charge is 0.291 e. The Kier molecular flexibility index (Phi) is 4.24. The predicted molar refractivity (Wildman–Crippen MR) is 133 cm³/mol. The standard InChI is InChI=1S/C27H17BrN2O6/c1-29-18-5-3-2-4-17(18)27(26(29)33)22-23(31)16-11-15(28)7-9-19(16)36-24(22)25(32)30(27)12-14-6-8-20-21(10-14)35-13-34-20/h2-11H,12-13H2,1H3. The molecule has 7 rings (SSSR count). The van der Waals surface area contributed by atoms with Crippen molar-refractivity contribution in [3.05, 3.63) is 97.8 Å². The average molecular weight is 545 g/mol. The molecule has 4 heterocycles. The molecule has 1 spiro atoms. The van der Waals surface area contributed by atoms with Gasteiger partial charge < -0.3 is 23.7 Å². The number of halogens is 1. The van der Waals surface area contributed by atoms with Gasteiger partial charge in [-0.25, -0.2) is 0 Å². The van der Waals surface area contributed by atoms with Gasteiger partial charge in [-0.1, -0.05) is 40.2 Å². The maximum absolute atomic E-state index is 14.1. The molecule has 4 aromatic rings. The number of anilines is 1. The highest BCUT2D eigenvalue weighted by Gasteiger charge is 2.64. The molecule has 0 radical (unpaired) electrons. The van der Waals surface area contributed by atoms with Crippen LogP contribution in [0.5, 0.6) is 11.5 Å². The molecule has 1 aromatic heterocycles. The molecule has 0 saturated heterocycles. The van der Waals surface area contributed by atoms with E-state index in [1.165, 1.54) is 9.80 Å². The van der Waals surface area contributed by atoms with Gasteiger partial charge in [-0.05, 0) is 42.0 Å². The molecule has 36 heavy (non-hydrogen) atoms. The molecule has 0 fully saturated rings. The number of fused-ring (bicyclic) bond motifs is 6. The van der Waals surface area contributed by atoms with Gasteiger partial charge in [0.05, 0.1) is 10.9 Å². The van der Waals surface area contributed by atoms with Crippen molar-refractivity contribution in [2.75, 3.05) is 18.7 Å². The summed E-state index contributed by atoms with van der Waals surface area (Å²) in [7, 11) is 1.65. The lowest BCUT2D eigenvalue weighted by Crippen LogP contribution is -2.52. The molecular weight excluding hydrogens is 528 g/mol. The summed E-state index contributed by atoms with van der Waals surface area (Å²) < 4.78 is 17.7. The van der Waals surface area contributed by atoms with Crippen LogP contribution in [0.2, 0.25) is 0 Å². The second-order valence-electron chi connectivity index (χ2n) is 8.95. The summed E-state index contributed by atoms with van der Waals surface area (Å²) in [5.41, 5.74) is 0.167. The first-order chi connectivity index (χ1) is 17.4. The van der Waals surface area contributed by atoms with Crippen molar-refractivity contribution in [1.82, 2.24) is 4.90 Å². The monoisotopic (exact) mass is 544 g/mol. The number of hydrogen-bond acceptors (Lipinski definition) is 6. The molecule has 0 N–H and O–H groups in total. The Hall–Kier alpha value is -4.11. The number of rotatable bonds is 2. The minimum Gasteiger partial charge on any atom is -0.454 e. The Morgan fingerprint density at radius 3 is 2.64 bits per heavy atom. The van der Waals surface area contributed by atoms with Gasteiger partial charge in [0, 0.05) is 29.3 Å². The van der Waals surface area contributed by atoms with Crippen LogP contribution in [0, 0.1) is 0 Å². The van der Waals surface area contributed by atoms with Gasteiger partial charge in [0.15, 0.2) is 22.5 Å². The van der Waals surface area contributed by atoms with Crippen molar-refractivity contribution in [1.29, 1.82) is 0 Å². The molecule has 1 unspecified atom stereocenters. The van der Waals surface area contributed by atoms with Gasteiger partial charge in [-0.2, -0.15) is 0 Å². The average Bonchev–Trinajstić information content (AvgIpc) is 3.51. The molecule has 1 atom stereocenters. The molecular formula is C27H17BrN2O6. The van der Waals surface area contributed by atoms with Gasteiger partial charge in [0.1, 0.15) is 5.58 Å². The van der Waals surface area contributed by atoms with Crippen LogP contribution in [0.3, 0.4) is 0 Å². The molecule has 8 nitrogen and oxygen atoms in total. The number of carbonyl (C=O) groups excluding carboxylic acids is 2. The molecule has 3 aliphatic heterocycles. The van der Waals surface area contributed by atoms with E-state index in [9.17, 15) is 14.4 Å². The van der Waals surface area contributed by atoms with Crippen LogP contribution in [-0.2, 0) is 16.9 Å². The minimum absolute atomic E-state index is 0.0423. The number of amides is 2. The SMILES string of the molecule is CN1C(=O)C2(c3ccccc31)c1c(oc3ccc(Br)cc3c1=O)C(=O)N2Cc1ccc2c(c1)OCO2. The van der Waals surface area contributed by atoms with Gasteiger partial charge in [-0.3, -0.25) is 14.4 Å². The fourth-order valence-corrected chi connectivity index (χ4v) is 5.87. The summed E-state index contributed by atoms with van der Waals surface area (Å²) >= 11 is 3.41. The van der Waals surface area contributed by atoms with E-state index >= 15 is 0 Å². The van der Waals surface area contributed by atoms with Crippen LogP contribution in [0.1, 0.15) is 27.2 Å². The molecule has 0 saturated carbocycles. The third-order valence-corrected chi connectivity index (χ3v) is 7.60. The van der Waals surface area contributed by atoms with Crippen molar-refractivity contribution in [3.63, 3.8) is 0 Å². The number of ether oxygens (including phenoxy) is 2. The summed E-state index contributed by atoms with van der Waals surface area (Å²) in [6.45, 7) is 0.168. The number of nitrogens with zero attached hydrogens (tertiary/aromatic N) is 2. The zero-order valence-electron chi connectivity index (χ0n) is 18.9. The first-order valence-corrected chi connectivity index (χ1v) is 12.1. The second kappa shape index (κ2) is 7.20. The quantitative estimate of drug-likeness (QED) is 0.376. The van der Waals surface area contributed by atoms with E-state index in [0.29, 0.717) is 32.6 Å². The molecule has 0 bridgehead atoms. The molecule has 3 aromatic carbocycles. The number of hydrogen-bond donors (Lipinski definition) is 0. The summed E-state index contributed by atoms with van der Waals surface area (Å²) in [5, 5.41) is 0.292. The van der Waals surface area contributed by atoms with Crippen molar-refractivity contribution in [2.45, 2.75) is 12.1 Å². The molecule has 9 heteroatoms. The van der Waals surface area contributed by atoms with E-state index in [0.717, 1.165) is 5.56 Å². The third kappa shape index (κ3) is 2.55. The number of likely N-dealkylation sites (N-methyl/N-ethyl adjacent to an activating group) is 1. The van der Waals surface area contributed by atoms with E-state index < -0.39 is 22.8 Å². The highest BCUT2D eigenvalue weighted by atomic mass is 79.9. The lowest BCUT2D eigenvalue weighted by molar-refractivity contribution is -0.126. The highest BCUT2D eigenvalue weighted by Crippen LogP contribution is 2.52. The molecule has 3 aliphatic rings. The summed E-state index contributed by atoms with van der Waals surface area (Å²) in [5.74, 6) is 0.140. The zero-order valence-corrected chi connectivity index (χ0v) is 20.5. The van der Waals surface area contributed by atoms with Gasteiger partial charge >= 0.3 is 0 Å². The Labute approximate surface area is 212 Å². The first kappa shape index (κ1) is 21.2. The van der Waals surface area contributed by atoms with Crippen molar-refractivity contribution in [3.8, 4) is 11.5 Å². The van der Waals surface area contributed by atoms with Crippen LogP contribution < -0.4 is 19.8 Å². The van der Waals surface area contributed by atoms with Gasteiger partial charge in [-0.15, -0.1) is 0 Å². The maximum Gasteiger partial charge on any atom is 0.291 e. The van der Waals surface area contributed by atoms with Crippen LogP contribution in [0.4, 0.5) is 5.69 Å². The molecule has 2 amide bonds. The van der Waals surface area contributed by atoms with E-state index in [2.05, 4.69) is 15.9 Å². The Morgan fingerprint density at radius 1 is 0.972 bits per heavy atom. The number of benzene rings is 3. The van der Waals surface area contributed by atoms with E-state index in [-0.39, 0.29) is 30.2 Å². The lowest BCUT2D eigenvalue weighted by Gasteiger charge is -2.34. The zero-order chi connectivity index (χ0) is 24.8. The summed E-state index contributed by atoms with van der Waals surface area (Å²) in [6, 6.07) is 17.6. The Bertz CT molecular complexity index is 1710. The molecule has 178 valence electrons. The minimum atomic E-state index is -1.66. The first-order valence-electron chi connectivity index (χ1n) is 11.3. The van der Waals surface area contributed by atoms with E-state index in [4.69, 9.17) is 13.9 Å². The van der Waals surface area contributed by atoms with Crippen LogP contribution in [0.25, 0.3) is 11.0 Å². The Balaban J connectivity index is 1.53. The normalized spacial score (nSPS) is 19.5. The fourth-order valence-electron chi connectivity index (χ4n) is 5.51. The third-order valence-electron chi connectivity index (χ3n) is 7.11. The predicted octanol–water partition coefficient (Wildman–Crippen LogP) is 4.16. The van der Waals surface area contributed by atoms with E-state index in [1.807, 2.05) is 18.2 Å². The largest absolute Gasteiger partial charge is 0.454 e. The van der Waals surface area contributed by atoms with E-state index in [1.54, 1.807) is 49.5 Å². The summed E-state index contributed by atoms with van der Waals surface area (Å²) in [6.07, 6.45) is 0. The van der Waals surface area contributed by atoms with Crippen LogP contribution in [-0.4, -0.2) is 30.6 Å². The second-order valence-corrected chi connectivity index (χ2v) is 9.86.